The Bertz CT molecular complexity index is 462. The summed E-state index contributed by atoms with van der Waals surface area (Å²) in [6.07, 6.45) is 4.45. The van der Waals surface area contributed by atoms with E-state index in [0.29, 0.717) is 12.0 Å². The Morgan fingerprint density at radius 2 is 2.21 bits per heavy atom. The molecule has 2 rings (SSSR count). The molecule has 1 fully saturated rings. The van der Waals surface area contributed by atoms with E-state index in [-0.39, 0.29) is 6.04 Å². The van der Waals surface area contributed by atoms with E-state index in [1.807, 2.05) is 40.2 Å². The van der Waals surface area contributed by atoms with Crippen LogP contribution in [0.15, 0.2) is 12.5 Å². The number of nitrogens with zero attached hydrogens (tertiary/aromatic N) is 2. The summed E-state index contributed by atoms with van der Waals surface area (Å²) in [5.74, 6) is 0.696. The van der Waals surface area contributed by atoms with Crippen molar-refractivity contribution in [3.05, 3.63) is 18.2 Å². The minimum atomic E-state index is -0.477. The molecule has 5 nitrogen and oxygen atoms in total. The van der Waals surface area contributed by atoms with Crippen molar-refractivity contribution in [2.75, 3.05) is 0 Å². The predicted octanol–water partition coefficient (Wildman–Crippen LogP) is 3.05. The molecule has 0 saturated heterocycles. The van der Waals surface area contributed by atoms with Crippen molar-refractivity contribution in [3.63, 3.8) is 0 Å². The van der Waals surface area contributed by atoms with Crippen molar-refractivity contribution in [2.24, 2.45) is 5.92 Å². The summed E-state index contributed by atoms with van der Waals surface area (Å²) in [6, 6.07) is 0.422. The van der Waals surface area contributed by atoms with E-state index in [4.69, 9.17) is 4.74 Å². The number of imidazole rings is 1. The van der Waals surface area contributed by atoms with Crippen LogP contribution in [0.1, 0.15) is 58.8 Å². The number of hydrogen-bond donors (Lipinski definition) is 1. The molecule has 1 heterocycles. The van der Waals surface area contributed by atoms with Crippen molar-refractivity contribution in [3.8, 4) is 0 Å². The fourth-order valence-electron chi connectivity index (χ4n) is 2.18. The van der Waals surface area contributed by atoms with E-state index in [0.717, 1.165) is 5.69 Å². The molecule has 0 bridgehead atoms. The first-order chi connectivity index (χ1) is 8.78. The zero-order valence-corrected chi connectivity index (χ0v) is 12.3. The van der Waals surface area contributed by atoms with Crippen molar-refractivity contribution >= 4 is 6.09 Å². The standard InChI is InChI=1S/C14H23N3O2/c1-9-6-11(9)17-8-15-7-12(17)10(2)16-13(18)19-14(3,4)5/h7-11H,6H2,1-5H3,(H,16,18)/t9?,10-,11?/m1/s1. The van der Waals surface area contributed by atoms with E-state index in [2.05, 4.69) is 21.8 Å². The van der Waals surface area contributed by atoms with Crippen molar-refractivity contribution in [1.82, 2.24) is 14.9 Å². The summed E-state index contributed by atoms with van der Waals surface area (Å²) in [4.78, 5) is 16.0. The molecule has 1 N–H and O–H groups in total. The molecule has 1 amide bonds. The Labute approximate surface area is 114 Å². The third kappa shape index (κ3) is 3.49. The molecule has 1 aromatic heterocycles. The highest BCUT2D eigenvalue weighted by Gasteiger charge is 2.36. The lowest BCUT2D eigenvalue weighted by Gasteiger charge is -2.22. The molecular weight excluding hydrogens is 242 g/mol. The van der Waals surface area contributed by atoms with E-state index >= 15 is 0 Å². The van der Waals surface area contributed by atoms with Gasteiger partial charge in [0.2, 0.25) is 0 Å². The quantitative estimate of drug-likeness (QED) is 0.913. The highest BCUT2D eigenvalue weighted by Crippen LogP contribution is 2.43. The lowest BCUT2D eigenvalue weighted by molar-refractivity contribution is 0.0506. The van der Waals surface area contributed by atoms with Crippen LogP contribution >= 0.6 is 0 Å². The lowest BCUT2D eigenvalue weighted by Crippen LogP contribution is -2.34. The van der Waals surface area contributed by atoms with Crippen LogP contribution < -0.4 is 5.32 Å². The van der Waals surface area contributed by atoms with Crippen LogP contribution in [0.3, 0.4) is 0 Å². The van der Waals surface area contributed by atoms with Gasteiger partial charge < -0.3 is 14.6 Å². The summed E-state index contributed by atoms with van der Waals surface area (Å²) in [5, 5.41) is 2.85. The van der Waals surface area contributed by atoms with Crippen LogP contribution in [0, 0.1) is 5.92 Å². The van der Waals surface area contributed by atoms with E-state index in [1.165, 1.54) is 6.42 Å². The van der Waals surface area contributed by atoms with Crippen molar-refractivity contribution < 1.29 is 9.53 Å². The molecule has 1 aromatic rings. The average Bonchev–Trinajstić information content (AvgIpc) is 2.78. The zero-order chi connectivity index (χ0) is 14.2. The van der Waals surface area contributed by atoms with Gasteiger partial charge in [-0.15, -0.1) is 0 Å². The number of carbonyl (C=O) groups excluding carboxylic acids is 1. The van der Waals surface area contributed by atoms with Gasteiger partial charge in [-0.1, -0.05) is 6.92 Å². The Balaban J connectivity index is 1.98. The highest BCUT2D eigenvalue weighted by atomic mass is 16.6. The molecule has 106 valence electrons. The van der Waals surface area contributed by atoms with E-state index in [1.54, 1.807) is 0 Å². The minimum Gasteiger partial charge on any atom is -0.444 e. The Morgan fingerprint density at radius 1 is 1.58 bits per heavy atom. The van der Waals surface area contributed by atoms with Gasteiger partial charge in [0.05, 0.1) is 24.3 Å². The number of ether oxygens (including phenoxy) is 1. The predicted molar refractivity (Wildman–Crippen MR) is 72.8 cm³/mol. The van der Waals surface area contributed by atoms with Gasteiger partial charge in [-0.05, 0) is 40.0 Å². The smallest absolute Gasteiger partial charge is 0.408 e. The van der Waals surface area contributed by atoms with Gasteiger partial charge in [0, 0.05) is 6.04 Å². The monoisotopic (exact) mass is 265 g/mol. The van der Waals surface area contributed by atoms with Gasteiger partial charge in [0.15, 0.2) is 0 Å². The average molecular weight is 265 g/mol. The Hall–Kier alpha value is -1.52. The molecule has 2 unspecified atom stereocenters. The first-order valence-corrected chi connectivity index (χ1v) is 6.79. The number of hydrogen-bond acceptors (Lipinski definition) is 3. The second kappa shape index (κ2) is 4.87. The Kier molecular flexibility index (Phi) is 3.56. The normalized spacial score (nSPS) is 23.8. The number of amides is 1. The minimum absolute atomic E-state index is 0.106. The molecule has 0 spiro atoms. The second-order valence-corrected chi connectivity index (χ2v) is 6.37. The third-order valence-corrected chi connectivity index (χ3v) is 3.30. The molecule has 1 aliphatic carbocycles. The summed E-state index contributed by atoms with van der Waals surface area (Å²) < 4.78 is 7.42. The molecule has 1 aliphatic rings. The van der Waals surface area contributed by atoms with E-state index in [9.17, 15) is 4.79 Å². The zero-order valence-electron chi connectivity index (χ0n) is 12.3. The van der Waals surface area contributed by atoms with Gasteiger partial charge in [-0.3, -0.25) is 0 Å². The van der Waals surface area contributed by atoms with Crippen LogP contribution in [-0.2, 0) is 4.74 Å². The topological polar surface area (TPSA) is 56.2 Å². The van der Waals surface area contributed by atoms with E-state index < -0.39 is 11.7 Å². The van der Waals surface area contributed by atoms with Gasteiger partial charge in [-0.25, -0.2) is 9.78 Å². The SMILES string of the molecule is CC1CC1n1cncc1[C@@H](C)NC(=O)OC(C)(C)C. The molecule has 0 radical (unpaired) electrons. The Morgan fingerprint density at radius 3 is 2.74 bits per heavy atom. The van der Waals surface area contributed by atoms with Crippen LogP contribution in [0.25, 0.3) is 0 Å². The largest absolute Gasteiger partial charge is 0.444 e. The van der Waals surface area contributed by atoms with Gasteiger partial charge in [-0.2, -0.15) is 0 Å². The highest BCUT2D eigenvalue weighted by molar-refractivity contribution is 5.68. The lowest BCUT2D eigenvalue weighted by atomic mass is 10.2. The molecule has 1 saturated carbocycles. The van der Waals surface area contributed by atoms with Gasteiger partial charge in [0.25, 0.3) is 0 Å². The second-order valence-electron chi connectivity index (χ2n) is 6.37. The van der Waals surface area contributed by atoms with Gasteiger partial charge in [0.1, 0.15) is 5.60 Å². The molecule has 3 atom stereocenters. The van der Waals surface area contributed by atoms with Crippen LogP contribution in [0.4, 0.5) is 4.79 Å². The summed E-state index contributed by atoms with van der Waals surface area (Å²) >= 11 is 0. The maximum Gasteiger partial charge on any atom is 0.408 e. The molecule has 5 heteroatoms. The number of carbonyl (C=O) groups is 1. The van der Waals surface area contributed by atoms with Gasteiger partial charge >= 0.3 is 6.09 Å². The molecule has 19 heavy (non-hydrogen) atoms. The molecule has 0 aliphatic heterocycles. The number of aromatic nitrogens is 2. The number of alkyl carbamates (subject to hydrolysis) is 1. The van der Waals surface area contributed by atoms with Crippen LogP contribution in [0.5, 0.6) is 0 Å². The fraction of sp³-hybridized carbons (Fsp3) is 0.714. The first-order valence-electron chi connectivity index (χ1n) is 6.79. The molecule has 0 aromatic carbocycles. The maximum absolute atomic E-state index is 11.8. The summed E-state index contributed by atoms with van der Waals surface area (Å²) in [6.45, 7) is 9.74. The summed E-state index contributed by atoms with van der Waals surface area (Å²) in [7, 11) is 0. The maximum atomic E-state index is 11.8. The number of rotatable bonds is 3. The van der Waals surface area contributed by atoms with Crippen LogP contribution in [-0.4, -0.2) is 21.2 Å². The fourth-order valence-corrected chi connectivity index (χ4v) is 2.18. The first kappa shape index (κ1) is 13.9. The number of nitrogens with one attached hydrogen (secondary N) is 1. The van der Waals surface area contributed by atoms with Crippen LogP contribution in [0.2, 0.25) is 0 Å². The summed E-state index contributed by atoms with van der Waals surface area (Å²) in [5.41, 5.74) is 0.551. The molecular formula is C14H23N3O2. The van der Waals surface area contributed by atoms with Crippen molar-refractivity contribution in [1.29, 1.82) is 0 Å². The van der Waals surface area contributed by atoms with Crippen molar-refractivity contribution in [2.45, 2.75) is 58.7 Å². The third-order valence-electron chi connectivity index (χ3n) is 3.30.